The molecule has 1 fully saturated rings. The molecule has 1 aliphatic heterocycles. The second-order valence-electron chi connectivity index (χ2n) is 6.18. The van der Waals surface area contributed by atoms with Crippen molar-refractivity contribution in [3.63, 3.8) is 0 Å². The monoisotopic (exact) mass is 371 g/mol. The minimum absolute atomic E-state index is 0.0826. The smallest absolute Gasteiger partial charge is 0.293 e. The van der Waals surface area contributed by atoms with E-state index in [1.807, 2.05) is 24.4 Å². The lowest BCUT2D eigenvalue weighted by Crippen LogP contribution is -2.52. The van der Waals surface area contributed by atoms with Crippen LogP contribution in [0.1, 0.15) is 17.5 Å². The Morgan fingerprint density at radius 1 is 1.31 bits per heavy atom. The van der Waals surface area contributed by atoms with E-state index in [0.29, 0.717) is 18.1 Å². The number of carbonyl (C=O) groups excluding carboxylic acids is 1. The number of nitrogens with zero attached hydrogens (tertiary/aromatic N) is 4. The molecular formula is C18H18FN5OS. The Labute approximate surface area is 154 Å². The Hall–Kier alpha value is -2.58. The van der Waals surface area contributed by atoms with Crippen LogP contribution in [0.3, 0.4) is 0 Å². The number of amides is 1. The fraction of sp³-hybridized carbons (Fsp3) is 0.278. The first kappa shape index (κ1) is 16.9. The van der Waals surface area contributed by atoms with Crippen LogP contribution in [0.4, 0.5) is 4.39 Å². The Morgan fingerprint density at radius 3 is 2.81 bits per heavy atom. The third-order valence-corrected chi connectivity index (χ3v) is 5.24. The van der Waals surface area contributed by atoms with Crippen molar-refractivity contribution < 1.29 is 9.18 Å². The van der Waals surface area contributed by atoms with Crippen molar-refractivity contribution in [2.24, 2.45) is 0 Å². The van der Waals surface area contributed by atoms with Crippen LogP contribution in [0.2, 0.25) is 0 Å². The number of hydrogen-bond donors (Lipinski definition) is 1. The van der Waals surface area contributed by atoms with Crippen molar-refractivity contribution in [3.05, 3.63) is 53.4 Å². The van der Waals surface area contributed by atoms with Gasteiger partial charge in [-0.25, -0.2) is 14.1 Å². The second kappa shape index (κ2) is 6.97. The van der Waals surface area contributed by atoms with Crippen LogP contribution in [0.25, 0.3) is 16.4 Å². The van der Waals surface area contributed by atoms with Gasteiger partial charge in [-0.1, -0.05) is 6.07 Å². The van der Waals surface area contributed by atoms with E-state index in [2.05, 4.69) is 15.4 Å². The molecule has 1 aliphatic rings. The number of benzene rings is 1. The fourth-order valence-corrected chi connectivity index (χ4v) is 3.70. The second-order valence-corrected chi connectivity index (χ2v) is 7.12. The summed E-state index contributed by atoms with van der Waals surface area (Å²) in [5.74, 6) is 0.236. The van der Waals surface area contributed by atoms with Crippen LogP contribution in [-0.4, -0.2) is 51.2 Å². The molecule has 0 radical (unpaired) electrons. The van der Waals surface area contributed by atoms with Crippen LogP contribution >= 0.6 is 11.3 Å². The van der Waals surface area contributed by atoms with E-state index < -0.39 is 0 Å². The van der Waals surface area contributed by atoms with Crippen LogP contribution in [0, 0.1) is 5.82 Å². The lowest BCUT2D eigenvalue weighted by Gasteiger charge is -2.33. The van der Waals surface area contributed by atoms with Gasteiger partial charge in [-0.3, -0.25) is 4.79 Å². The lowest BCUT2D eigenvalue weighted by atomic mass is 10.2. The highest BCUT2D eigenvalue weighted by Crippen LogP contribution is 2.26. The molecule has 26 heavy (non-hydrogen) atoms. The summed E-state index contributed by atoms with van der Waals surface area (Å²) in [6.45, 7) is 4.13. The first-order chi connectivity index (χ1) is 12.6. The molecule has 0 saturated carbocycles. The molecule has 0 aliphatic carbocycles. The molecule has 4 rings (SSSR count). The third kappa shape index (κ3) is 3.13. The van der Waals surface area contributed by atoms with Gasteiger partial charge in [0.25, 0.3) is 5.91 Å². The standard InChI is InChI=1S/C18H18FN5OS/c1-12-11-20-8-9-23(12)18(25)16-21-17(15-3-2-10-26-15)24(22-16)14-6-4-13(19)5-7-14/h2-7,10,12,20H,8-9,11H2,1H3/t12-/m0/s1. The van der Waals surface area contributed by atoms with Gasteiger partial charge in [0.05, 0.1) is 10.6 Å². The number of hydrogen-bond acceptors (Lipinski definition) is 5. The summed E-state index contributed by atoms with van der Waals surface area (Å²) in [4.78, 5) is 20.1. The minimum atomic E-state index is -0.322. The Balaban J connectivity index is 1.76. The predicted octanol–water partition coefficient (Wildman–Crippen LogP) is 2.57. The zero-order valence-corrected chi connectivity index (χ0v) is 15.0. The largest absolute Gasteiger partial charge is 0.331 e. The van der Waals surface area contributed by atoms with Crippen molar-refractivity contribution in [2.45, 2.75) is 13.0 Å². The van der Waals surface area contributed by atoms with Crippen molar-refractivity contribution in [1.82, 2.24) is 25.0 Å². The number of halogens is 1. The lowest BCUT2D eigenvalue weighted by molar-refractivity contribution is 0.0643. The maximum atomic E-state index is 13.3. The molecule has 1 atom stereocenters. The fourth-order valence-electron chi connectivity index (χ4n) is 3.00. The zero-order chi connectivity index (χ0) is 18.1. The average molecular weight is 371 g/mol. The van der Waals surface area contributed by atoms with E-state index in [0.717, 1.165) is 18.0 Å². The molecule has 2 aromatic heterocycles. The van der Waals surface area contributed by atoms with Crippen molar-refractivity contribution in [1.29, 1.82) is 0 Å². The molecule has 8 heteroatoms. The Kier molecular flexibility index (Phi) is 4.52. The van der Waals surface area contributed by atoms with Gasteiger partial charge in [-0.05, 0) is 42.6 Å². The first-order valence-corrected chi connectivity index (χ1v) is 9.30. The van der Waals surface area contributed by atoms with E-state index >= 15 is 0 Å². The summed E-state index contributed by atoms with van der Waals surface area (Å²) < 4.78 is 14.9. The van der Waals surface area contributed by atoms with E-state index in [1.54, 1.807) is 21.7 Å². The van der Waals surface area contributed by atoms with E-state index in [4.69, 9.17) is 0 Å². The number of rotatable bonds is 3. The van der Waals surface area contributed by atoms with Crippen LogP contribution in [-0.2, 0) is 0 Å². The number of aromatic nitrogens is 3. The van der Waals surface area contributed by atoms with Crippen LogP contribution in [0.15, 0.2) is 41.8 Å². The molecule has 0 spiro atoms. The average Bonchev–Trinajstić information content (AvgIpc) is 3.32. The molecule has 3 aromatic rings. The Bertz CT molecular complexity index is 906. The molecular weight excluding hydrogens is 353 g/mol. The SMILES string of the molecule is C[C@H]1CNCCN1C(=O)c1nc(-c2cccs2)n(-c2ccc(F)cc2)n1. The summed E-state index contributed by atoms with van der Waals surface area (Å²) >= 11 is 1.52. The topological polar surface area (TPSA) is 63.1 Å². The normalized spacial score (nSPS) is 17.5. The van der Waals surface area contributed by atoms with Gasteiger partial charge in [0.2, 0.25) is 5.82 Å². The van der Waals surface area contributed by atoms with Crippen molar-refractivity contribution >= 4 is 17.2 Å². The highest BCUT2D eigenvalue weighted by atomic mass is 32.1. The molecule has 6 nitrogen and oxygen atoms in total. The molecule has 1 aromatic carbocycles. The molecule has 3 heterocycles. The molecule has 1 N–H and O–H groups in total. The maximum absolute atomic E-state index is 13.3. The number of carbonyl (C=O) groups is 1. The van der Waals surface area contributed by atoms with Gasteiger partial charge in [0.15, 0.2) is 5.82 Å². The number of nitrogens with one attached hydrogen (secondary N) is 1. The highest BCUT2D eigenvalue weighted by molar-refractivity contribution is 7.13. The quantitative estimate of drug-likeness (QED) is 0.769. The van der Waals surface area contributed by atoms with Gasteiger partial charge < -0.3 is 10.2 Å². The predicted molar refractivity (Wildman–Crippen MR) is 98.0 cm³/mol. The van der Waals surface area contributed by atoms with E-state index in [1.165, 1.54) is 23.5 Å². The minimum Gasteiger partial charge on any atom is -0.331 e. The Morgan fingerprint density at radius 2 is 2.12 bits per heavy atom. The van der Waals surface area contributed by atoms with Gasteiger partial charge >= 0.3 is 0 Å². The highest BCUT2D eigenvalue weighted by Gasteiger charge is 2.28. The summed E-state index contributed by atoms with van der Waals surface area (Å²) in [5.41, 5.74) is 0.662. The summed E-state index contributed by atoms with van der Waals surface area (Å²) in [5, 5.41) is 9.66. The first-order valence-electron chi connectivity index (χ1n) is 8.42. The molecule has 0 bridgehead atoms. The van der Waals surface area contributed by atoms with Gasteiger partial charge in [-0.2, -0.15) is 0 Å². The summed E-state index contributed by atoms with van der Waals surface area (Å²) in [7, 11) is 0. The third-order valence-electron chi connectivity index (χ3n) is 4.37. The molecule has 1 saturated heterocycles. The molecule has 1 amide bonds. The van der Waals surface area contributed by atoms with E-state index in [9.17, 15) is 9.18 Å². The summed E-state index contributed by atoms with van der Waals surface area (Å²) in [6, 6.07) is 9.93. The summed E-state index contributed by atoms with van der Waals surface area (Å²) in [6.07, 6.45) is 0. The van der Waals surface area contributed by atoms with Crippen LogP contribution in [0.5, 0.6) is 0 Å². The van der Waals surface area contributed by atoms with Gasteiger partial charge in [0, 0.05) is 25.7 Å². The number of thiophene rings is 1. The van der Waals surface area contributed by atoms with Crippen molar-refractivity contribution in [3.8, 4) is 16.4 Å². The zero-order valence-electron chi connectivity index (χ0n) is 14.2. The molecule has 0 unspecified atom stereocenters. The van der Waals surface area contributed by atoms with Crippen LogP contribution < -0.4 is 5.32 Å². The van der Waals surface area contributed by atoms with E-state index in [-0.39, 0.29) is 23.6 Å². The van der Waals surface area contributed by atoms with Gasteiger partial charge in [-0.15, -0.1) is 16.4 Å². The molecule has 134 valence electrons. The number of piperazine rings is 1. The van der Waals surface area contributed by atoms with Crippen molar-refractivity contribution in [2.75, 3.05) is 19.6 Å². The van der Waals surface area contributed by atoms with Gasteiger partial charge in [0.1, 0.15) is 5.82 Å². The maximum Gasteiger partial charge on any atom is 0.293 e.